The average Bonchev–Trinajstić information content (AvgIpc) is 2.73. The van der Waals surface area contributed by atoms with Crippen LogP contribution >= 0.6 is 0 Å². The predicted octanol–water partition coefficient (Wildman–Crippen LogP) is 4.85. The summed E-state index contributed by atoms with van der Waals surface area (Å²) in [5.74, 6) is -39.4. The Labute approximate surface area is 180 Å². The molecule has 0 atom stereocenters. The first-order valence-electron chi connectivity index (χ1n) is 9.49. The lowest BCUT2D eigenvalue weighted by atomic mass is 9.71. The van der Waals surface area contributed by atoms with E-state index in [1.54, 1.807) is 36.9 Å². The lowest BCUT2D eigenvalue weighted by Gasteiger charge is -2.52. The van der Waals surface area contributed by atoms with E-state index in [4.69, 9.17) is 0 Å². The van der Waals surface area contributed by atoms with Crippen LogP contribution in [0.1, 0.15) is 11.1 Å². The second-order valence-corrected chi connectivity index (χ2v) is 8.03. The van der Waals surface area contributed by atoms with Gasteiger partial charge in [-0.2, -0.15) is 43.9 Å². The van der Waals surface area contributed by atoms with Crippen LogP contribution in [0, 0.1) is 13.8 Å². The minimum atomic E-state index is -7.34. The molecule has 0 bridgehead atoms. The molecular weight excluding hydrogens is 481 g/mol. The monoisotopic (exact) mass is 498 g/mol. The summed E-state index contributed by atoms with van der Waals surface area (Å²) in [7, 11) is 0. The van der Waals surface area contributed by atoms with Crippen LogP contribution in [0.15, 0.2) is 18.2 Å². The topological polar surface area (TPSA) is 23.6 Å². The zero-order valence-corrected chi connectivity index (χ0v) is 17.0. The predicted molar refractivity (Wildman–Crippen MR) is 93.3 cm³/mol. The Bertz CT molecular complexity index is 925. The number of piperazine rings is 1. The molecule has 1 saturated carbocycles. The maximum absolute atomic E-state index is 15.0. The quantitative estimate of drug-likeness (QED) is 0.545. The highest BCUT2D eigenvalue weighted by molar-refractivity contribution is 5.89. The van der Waals surface area contributed by atoms with Gasteiger partial charge in [0.15, 0.2) is 0 Å². The van der Waals surface area contributed by atoms with Crippen molar-refractivity contribution in [1.82, 2.24) is 4.90 Å². The van der Waals surface area contributed by atoms with Gasteiger partial charge in [0.05, 0.1) is 0 Å². The number of halogens is 11. The van der Waals surface area contributed by atoms with Crippen LogP contribution in [0.2, 0.25) is 0 Å². The molecule has 2 aliphatic rings. The molecule has 1 aliphatic heterocycles. The summed E-state index contributed by atoms with van der Waals surface area (Å²) in [6.45, 7) is 1.31. The Hall–Kier alpha value is -2.28. The number of hydrogen-bond acceptors (Lipinski definition) is 2. The van der Waals surface area contributed by atoms with Gasteiger partial charge >= 0.3 is 35.3 Å². The first kappa shape index (κ1) is 25.3. The highest BCUT2D eigenvalue weighted by atomic mass is 19.4. The minimum absolute atomic E-state index is 0.0704. The molecular formula is C19H17F11N2O. The molecule has 1 aliphatic carbocycles. The average molecular weight is 498 g/mol. The van der Waals surface area contributed by atoms with Crippen LogP contribution in [0.3, 0.4) is 0 Å². The number of benzene rings is 1. The molecule has 3 nitrogen and oxygen atoms in total. The number of aryl methyl sites for hydroxylation is 1. The van der Waals surface area contributed by atoms with Crippen molar-refractivity contribution in [2.45, 2.75) is 49.1 Å². The Morgan fingerprint density at radius 1 is 0.697 bits per heavy atom. The molecule has 186 valence electrons. The molecule has 1 aromatic rings. The molecule has 0 radical (unpaired) electrons. The summed E-state index contributed by atoms with van der Waals surface area (Å²) in [5.41, 5.74) is -4.45. The molecule has 0 spiro atoms. The molecule has 1 aromatic carbocycles. The normalized spacial score (nSPS) is 26.7. The van der Waals surface area contributed by atoms with Crippen molar-refractivity contribution in [3.8, 4) is 0 Å². The van der Waals surface area contributed by atoms with Gasteiger partial charge in [0, 0.05) is 31.9 Å². The summed E-state index contributed by atoms with van der Waals surface area (Å²) < 4.78 is 153. The van der Waals surface area contributed by atoms with Crippen molar-refractivity contribution in [1.29, 1.82) is 0 Å². The fourth-order valence-electron chi connectivity index (χ4n) is 3.94. The Morgan fingerprint density at radius 2 is 1.12 bits per heavy atom. The summed E-state index contributed by atoms with van der Waals surface area (Å²) in [6, 6.07) is 5.04. The molecule has 1 amide bonds. The second kappa shape index (κ2) is 7.11. The second-order valence-electron chi connectivity index (χ2n) is 8.03. The van der Waals surface area contributed by atoms with Gasteiger partial charge in [-0.1, -0.05) is 12.1 Å². The molecule has 14 heteroatoms. The van der Waals surface area contributed by atoms with E-state index in [-0.39, 0.29) is 18.0 Å². The van der Waals surface area contributed by atoms with Gasteiger partial charge < -0.3 is 9.80 Å². The van der Waals surface area contributed by atoms with Crippen LogP contribution in [0.4, 0.5) is 54.0 Å². The van der Waals surface area contributed by atoms with E-state index < -0.39 is 54.3 Å². The number of carbonyl (C=O) groups excluding carboxylic acids is 1. The maximum Gasteiger partial charge on any atom is 0.384 e. The van der Waals surface area contributed by atoms with E-state index in [2.05, 4.69) is 0 Å². The zero-order chi connectivity index (χ0) is 25.4. The number of rotatable bonds is 2. The third kappa shape index (κ3) is 2.84. The van der Waals surface area contributed by atoms with Crippen molar-refractivity contribution in [3.63, 3.8) is 0 Å². The van der Waals surface area contributed by atoms with E-state index in [0.29, 0.717) is 5.69 Å². The third-order valence-electron chi connectivity index (χ3n) is 6.22. The van der Waals surface area contributed by atoms with Gasteiger partial charge in [-0.3, -0.25) is 4.79 Å². The molecule has 1 heterocycles. The van der Waals surface area contributed by atoms with Gasteiger partial charge in [-0.15, -0.1) is 0 Å². The van der Waals surface area contributed by atoms with Crippen LogP contribution in [0.5, 0.6) is 0 Å². The highest BCUT2D eigenvalue weighted by Crippen LogP contribution is 2.69. The van der Waals surface area contributed by atoms with Crippen molar-refractivity contribution >= 4 is 11.6 Å². The van der Waals surface area contributed by atoms with Gasteiger partial charge in [0.1, 0.15) is 0 Å². The molecule has 0 unspecified atom stereocenters. The number of amides is 1. The van der Waals surface area contributed by atoms with E-state index in [0.717, 1.165) is 11.1 Å². The summed E-state index contributed by atoms with van der Waals surface area (Å²) in [5, 5.41) is 0. The van der Waals surface area contributed by atoms with Crippen LogP contribution in [0.25, 0.3) is 0 Å². The first-order chi connectivity index (χ1) is 14.8. The number of nitrogens with zero attached hydrogens (tertiary/aromatic N) is 2. The van der Waals surface area contributed by atoms with Crippen molar-refractivity contribution in [2.75, 3.05) is 31.1 Å². The van der Waals surface area contributed by atoms with E-state index in [1.807, 2.05) is 0 Å². The highest BCUT2D eigenvalue weighted by Gasteiger charge is 3.03. The Kier molecular flexibility index (Phi) is 5.46. The van der Waals surface area contributed by atoms with Crippen molar-refractivity contribution in [3.05, 3.63) is 29.3 Å². The van der Waals surface area contributed by atoms with E-state index in [1.165, 1.54) is 0 Å². The van der Waals surface area contributed by atoms with Crippen LogP contribution in [-0.2, 0) is 4.79 Å². The standard InChI is InChI=1S/C19H17F11N2O/c1-10-4-3-5-12(11(10)2)31-6-8-32(9-7-31)13(33)14(20)15(21,22)17(25,26)19(29,30)18(27,28)16(14,23)24/h3-5H,6-9H2,1-2H3. The molecule has 0 N–H and O–H groups in total. The largest absolute Gasteiger partial charge is 0.384 e. The lowest BCUT2D eigenvalue weighted by Crippen LogP contribution is -2.86. The van der Waals surface area contributed by atoms with E-state index in [9.17, 15) is 53.1 Å². The third-order valence-corrected chi connectivity index (χ3v) is 6.22. The molecule has 33 heavy (non-hydrogen) atoms. The minimum Gasteiger partial charge on any atom is -0.368 e. The molecule has 1 saturated heterocycles. The SMILES string of the molecule is Cc1cccc(N2CCN(C(=O)C3(F)C(F)(F)C(F)(F)C(F)(F)C(F)(F)C3(F)F)CC2)c1C. The first-order valence-corrected chi connectivity index (χ1v) is 9.49. The fraction of sp³-hybridized carbons (Fsp3) is 0.632. The number of anilines is 1. The summed E-state index contributed by atoms with van der Waals surface area (Å²) in [6.07, 6.45) is 0. The summed E-state index contributed by atoms with van der Waals surface area (Å²) in [4.78, 5) is 13.8. The molecule has 3 rings (SSSR count). The smallest absolute Gasteiger partial charge is 0.368 e. The van der Waals surface area contributed by atoms with Crippen molar-refractivity contribution in [2.24, 2.45) is 0 Å². The number of alkyl halides is 11. The Balaban J connectivity index is 1.97. The maximum atomic E-state index is 15.0. The molecule has 0 aromatic heterocycles. The van der Waals surface area contributed by atoms with Crippen LogP contribution in [-0.4, -0.2) is 72.3 Å². The number of hydrogen-bond donors (Lipinski definition) is 0. The zero-order valence-electron chi connectivity index (χ0n) is 17.0. The van der Waals surface area contributed by atoms with Gasteiger partial charge in [0.25, 0.3) is 5.91 Å². The van der Waals surface area contributed by atoms with Crippen molar-refractivity contribution < 1.29 is 53.1 Å². The Morgan fingerprint density at radius 3 is 1.58 bits per heavy atom. The fourth-order valence-corrected chi connectivity index (χ4v) is 3.94. The van der Waals surface area contributed by atoms with E-state index >= 15 is 0 Å². The summed E-state index contributed by atoms with van der Waals surface area (Å²) >= 11 is 0. The van der Waals surface area contributed by atoms with Gasteiger partial charge in [-0.05, 0) is 31.0 Å². The molecule has 2 fully saturated rings. The van der Waals surface area contributed by atoms with Gasteiger partial charge in [-0.25, -0.2) is 4.39 Å². The number of carbonyl (C=O) groups is 1. The lowest BCUT2D eigenvalue weighted by molar-refractivity contribution is -0.477. The van der Waals surface area contributed by atoms with Crippen LogP contribution < -0.4 is 4.90 Å². The van der Waals surface area contributed by atoms with Gasteiger partial charge in [0.2, 0.25) is 0 Å².